The second-order valence-corrected chi connectivity index (χ2v) is 6.27. The maximum absolute atomic E-state index is 4.33. The molecule has 1 aliphatic rings. The second-order valence-electron chi connectivity index (χ2n) is 6.27. The summed E-state index contributed by atoms with van der Waals surface area (Å²) in [7, 11) is 0. The molecule has 1 aliphatic heterocycles. The van der Waals surface area contributed by atoms with E-state index in [-0.39, 0.29) is 0 Å². The van der Waals surface area contributed by atoms with Crippen LogP contribution >= 0.6 is 0 Å². The Morgan fingerprint density at radius 2 is 2.20 bits per heavy atom. The van der Waals surface area contributed by atoms with E-state index in [0.717, 1.165) is 37.2 Å². The minimum absolute atomic E-state index is 0.845. The van der Waals surface area contributed by atoms with Crippen molar-refractivity contribution in [2.75, 3.05) is 26.2 Å². The number of hydrogen-bond acceptors (Lipinski definition) is 3. The van der Waals surface area contributed by atoms with Crippen molar-refractivity contribution >= 4 is 0 Å². The largest absolute Gasteiger partial charge is 0.310 e. The number of likely N-dealkylation sites (tertiary alicyclic amines) is 1. The van der Waals surface area contributed by atoms with Crippen LogP contribution in [-0.4, -0.2) is 36.1 Å². The highest BCUT2D eigenvalue weighted by Crippen LogP contribution is 2.24. The van der Waals surface area contributed by atoms with Gasteiger partial charge in [-0.25, -0.2) is 0 Å². The van der Waals surface area contributed by atoms with Gasteiger partial charge in [-0.3, -0.25) is 4.98 Å². The Kier molecular flexibility index (Phi) is 6.48. The van der Waals surface area contributed by atoms with Crippen molar-refractivity contribution in [2.24, 2.45) is 11.8 Å². The van der Waals surface area contributed by atoms with Crippen molar-refractivity contribution in [3.8, 4) is 0 Å². The summed E-state index contributed by atoms with van der Waals surface area (Å²) in [6.45, 7) is 10.4. The number of aromatic nitrogens is 1. The maximum atomic E-state index is 4.33. The van der Waals surface area contributed by atoms with Gasteiger partial charge in [-0.05, 0) is 56.3 Å². The fourth-order valence-corrected chi connectivity index (χ4v) is 3.03. The van der Waals surface area contributed by atoms with Gasteiger partial charge in [-0.1, -0.05) is 19.9 Å². The fraction of sp³-hybridized carbons (Fsp3) is 0.706. The van der Waals surface area contributed by atoms with Crippen LogP contribution in [0, 0.1) is 11.8 Å². The lowest BCUT2D eigenvalue weighted by molar-refractivity contribution is 0.271. The van der Waals surface area contributed by atoms with Crippen molar-refractivity contribution in [1.29, 1.82) is 0 Å². The lowest BCUT2D eigenvalue weighted by Crippen LogP contribution is -2.33. The normalized spacial score (nSPS) is 21.1. The third kappa shape index (κ3) is 5.22. The molecule has 112 valence electrons. The molecule has 1 atom stereocenters. The molecular formula is C17H29N3. The van der Waals surface area contributed by atoms with E-state index in [4.69, 9.17) is 0 Å². The van der Waals surface area contributed by atoms with E-state index in [2.05, 4.69) is 35.1 Å². The number of nitrogens with one attached hydrogen (secondary N) is 1. The van der Waals surface area contributed by atoms with Crippen LogP contribution in [0.25, 0.3) is 0 Å². The summed E-state index contributed by atoms with van der Waals surface area (Å²) in [6, 6.07) is 6.09. The molecular weight excluding hydrogens is 246 g/mol. The Balaban J connectivity index is 1.62. The number of rotatable bonds is 6. The van der Waals surface area contributed by atoms with E-state index in [1.165, 1.54) is 32.4 Å². The summed E-state index contributed by atoms with van der Waals surface area (Å²) in [4.78, 5) is 6.95. The van der Waals surface area contributed by atoms with Gasteiger partial charge in [0.05, 0.1) is 5.69 Å². The number of nitrogens with zero attached hydrogens (tertiary/aromatic N) is 2. The zero-order valence-electron chi connectivity index (χ0n) is 13.0. The number of hydrogen-bond donors (Lipinski definition) is 1. The molecule has 0 spiro atoms. The van der Waals surface area contributed by atoms with Gasteiger partial charge in [0.1, 0.15) is 0 Å². The number of pyridine rings is 1. The summed E-state index contributed by atoms with van der Waals surface area (Å²) in [5.41, 5.74) is 1.13. The first-order valence-corrected chi connectivity index (χ1v) is 8.08. The topological polar surface area (TPSA) is 28.2 Å². The summed E-state index contributed by atoms with van der Waals surface area (Å²) in [5, 5.41) is 3.50. The minimum atomic E-state index is 0.845. The van der Waals surface area contributed by atoms with Crippen LogP contribution in [0.2, 0.25) is 0 Å². The minimum Gasteiger partial charge on any atom is -0.310 e. The van der Waals surface area contributed by atoms with E-state index >= 15 is 0 Å². The molecule has 1 fully saturated rings. The Bertz CT molecular complexity index is 364. The second kappa shape index (κ2) is 8.38. The highest BCUT2D eigenvalue weighted by Gasteiger charge is 2.18. The standard InChI is InChI=1S/C17H29N3/c1-15(2)16-6-5-11-20(12-8-16)13-10-18-14-17-7-3-4-9-19-17/h3-4,7,9,15-16,18H,5-6,8,10-14H2,1-2H3. The van der Waals surface area contributed by atoms with Crippen LogP contribution < -0.4 is 5.32 Å². The average molecular weight is 275 g/mol. The molecule has 1 unspecified atom stereocenters. The van der Waals surface area contributed by atoms with Crippen molar-refractivity contribution in [1.82, 2.24) is 15.2 Å². The molecule has 0 radical (unpaired) electrons. The Morgan fingerprint density at radius 1 is 1.30 bits per heavy atom. The van der Waals surface area contributed by atoms with Crippen LogP contribution in [0.3, 0.4) is 0 Å². The van der Waals surface area contributed by atoms with Crippen molar-refractivity contribution in [2.45, 2.75) is 39.7 Å². The molecule has 1 N–H and O–H groups in total. The summed E-state index contributed by atoms with van der Waals surface area (Å²) < 4.78 is 0. The molecule has 3 nitrogen and oxygen atoms in total. The Labute approximate surface area is 123 Å². The van der Waals surface area contributed by atoms with Gasteiger partial charge in [0.15, 0.2) is 0 Å². The van der Waals surface area contributed by atoms with Gasteiger partial charge < -0.3 is 10.2 Å². The molecule has 1 aromatic rings. The zero-order valence-corrected chi connectivity index (χ0v) is 13.0. The molecule has 0 amide bonds. The van der Waals surface area contributed by atoms with Crippen LogP contribution in [0.1, 0.15) is 38.8 Å². The first-order chi connectivity index (χ1) is 9.75. The van der Waals surface area contributed by atoms with Crippen molar-refractivity contribution < 1.29 is 0 Å². The van der Waals surface area contributed by atoms with Gasteiger partial charge in [-0.15, -0.1) is 0 Å². The van der Waals surface area contributed by atoms with E-state index in [1.54, 1.807) is 0 Å². The monoisotopic (exact) mass is 275 g/mol. The van der Waals surface area contributed by atoms with Crippen molar-refractivity contribution in [3.63, 3.8) is 0 Å². The average Bonchev–Trinajstić information content (AvgIpc) is 2.70. The Hall–Kier alpha value is -0.930. The lowest BCUT2D eigenvalue weighted by Gasteiger charge is -2.21. The Morgan fingerprint density at radius 3 is 2.95 bits per heavy atom. The van der Waals surface area contributed by atoms with Gasteiger partial charge in [0.2, 0.25) is 0 Å². The highest BCUT2D eigenvalue weighted by molar-refractivity contribution is 5.02. The zero-order chi connectivity index (χ0) is 14.2. The van der Waals surface area contributed by atoms with E-state index in [9.17, 15) is 0 Å². The predicted octanol–water partition coefficient (Wildman–Crippen LogP) is 2.93. The molecule has 1 saturated heterocycles. The summed E-state index contributed by atoms with van der Waals surface area (Å²) in [5.74, 6) is 1.78. The predicted molar refractivity (Wildman–Crippen MR) is 84.6 cm³/mol. The lowest BCUT2D eigenvalue weighted by atomic mass is 9.89. The summed E-state index contributed by atoms with van der Waals surface area (Å²) in [6.07, 6.45) is 6.01. The van der Waals surface area contributed by atoms with Crippen LogP contribution in [0.4, 0.5) is 0 Å². The first-order valence-electron chi connectivity index (χ1n) is 8.08. The van der Waals surface area contributed by atoms with Crippen LogP contribution in [0.15, 0.2) is 24.4 Å². The summed E-state index contributed by atoms with van der Waals surface area (Å²) >= 11 is 0. The SMILES string of the molecule is CC(C)C1CCCN(CCNCc2ccccn2)CC1. The van der Waals surface area contributed by atoms with Crippen LogP contribution in [-0.2, 0) is 6.54 Å². The van der Waals surface area contributed by atoms with Gasteiger partial charge >= 0.3 is 0 Å². The first kappa shape index (κ1) is 15.5. The van der Waals surface area contributed by atoms with Gasteiger partial charge in [-0.2, -0.15) is 0 Å². The molecule has 20 heavy (non-hydrogen) atoms. The van der Waals surface area contributed by atoms with E-state index in [1.807, 2.05) is 18.3 Å². The third-order valence-corrected chi connectivity index (χ3v) is 4.45. The van der Waals surface area contributed by atoms with E-state index in [0.29, 0.717) is 0 Å². The maximum Gasteiger partial charge on any atom is 0.0541 e. The fourth-order valence-electron chi connectivity index (χ4n) is 3.03. The van der Waals surface area contributed by atoms with Gasteiger partial charge in [0, 0.05) is 25.8 Å². The molecule has 0 bridgehead atoms. The molecule has 0 aliphatic carbocycles. The van der Waals surface area contributed by atoms with Crippen LogP contribution in [0.5, 0.6) is 0 Å². The molecule has 0 saturated carbocycles. The molecule has 2 heterocycles. The molecule has 0 aromatic carbocycles. The highest BCUT2D eigenvalue weighted by atomic mass is 15.1. The molecule has 3 heteroatoms. The molecule has 1 aromatic heterocycles. The van der Waals surface area contributed by atoms with Gasteiger partial charge in [0.25, 0.3) is 0 Å². The quantitative estimate of drug-likeness (QED) is 0.809. The van der Waals surface area contributed by atoms with Crippen molar-refractivity contribution in [3.05, 3.63) is 30.1 Å². The third-order valence-electron chi connectivity index (χ3n) is 4.45. The molecule has 2 rings (SSSR count). The van der Waals surface area contributed by atoms with E-state index < -0.39 is 0 Å². The smallest absolute Gasteiger partial charge is 0.0541 e.